The van der Waals surface area contributed by atoms with E-state index in [0.29, 0.717) is 18.5 Å². The van der Waals surface area contributed by atoms with Gasteiger partial charge in [0, 0.05) is 12.1 Å². The maximum atomic E-state index is 11.4. The van der Waals surface area contributed by atoms with Crippen molar-refractivity contribution in [1.29, 1.82) is 0 Å². The average molecular weight is 227 g/mol. The molecule has 15 heavy (non-hydrogen) atoms. The molecule has 5 nitrogen and oxygen atoms in total. The fraction of sp³-hybridized carbons (Fsp3) is 0.222. The van der Waals surface area contributed by atoms with Crippen LogP contribution in [0.2, 0.25) is 0 Å². The zero-order valence-corrected chi connectivity index (χ0v) is 8.54. The quantitative estimate of drug-likeness (QED) is 0.672. The Hall–Kier alpha value is -1.40. The van der Waals surface area contributed by atoms with Gasteiger partial charge in [0.05, 0.1) is 4.90 Å². The zero-order chi connectivity index (χ0) is 11.1. The van der Waals surface area contributed by atoms with Gasteiger partial charge in [-0.1, -0.05) is 6.07 Å². The Kier molecular flexibility index (Phi) is 2.24. The molecule has 1 aromatic rings. The summed E-state index contributed by atoms with van der Waals surface area (Å²) in [7, 11) is -4.24. The molecule has 0 saturated carbocycles. The predicted molar refractivity (Wildman–Crippen MR) is 52.3 cm³/mol. The van der Waals surface area contributed by atoms with Crippen LogP contribution in [-0.2, 0) is 16.5 Å². The van der Waals surface area contributed by atoms with E-state index in [9.17, 15) is 13.2 Å². The molecule has 1 aliphatic heterocycles. The summed E-state index contributed by atoms with van der Waals surface area (Å²) in [6.45, 7) is 0.553. The van der Waals surface area contributed by atoms with E-state index in [4.69, 9.17) is 4.55 Å². The number of rotatable bonds is 1. The van der Waals surface area contributed by atoms with E-state index in [1.165, 1.54) is 12.1 Å². The van der Waals surface area contributed by atoms with Gasteiger partial charge in [0.2, 0.25) is 0 Å². The number of amides is 1. The van der Waals surface area contributed by atoms with Crippen molar-refractivity contribution in [2.24, 2.45) is 0 Å². The number of hydrogen-bond donors (Lipinski definition) is 2. The molecule has 0 bridgehead atoms. The van der Waals surface area contributed by atoms with Crippen LogP contribution in [0.1, 0.15) is 15.9 Å². The topological polar surface area (TPSA) is 83.5 Å². The molecular formula is C9H9NO4S. The fourth-order valence-corrected chi connectivity index (χ4v) is 2.06. The van der Waals surface area contributed by atoms with Crippen LogP contribution in [0.3, 0.4) is 0 Å². The largest absolute Gasteiger partial charge is 0.352 e. The lowest BCUT2D eigenvalue weighted by Gasteiger charge is -2.16. The van der Waals surface area contributed by atoms with Crippen molar-refractivity contribution >= 4 is 16.0 Å². The molecule has 2 N–H and O–H groups in total. The molecule has 1 amide bonds. The SMILES string of the molecule is O=C1NCCc2ccc(S(=O)(=O)O)cc21. The van der Waals surface area contributed by atoms with Crippen molar-refractivity contribution in [1.82, 2.24) is 5.32 Å². The monoisotopic (exact) mass is 227 g/mol. The maximum Gasteiger partial charge on any atom is 0.294 e. The van der Waals surface area contributed by atoms with E-state index in [2.05, 4.69) is 5.32 Å². The molecule has 1 aromatic carbocycles. The van der Waals surface area contributed by atoms with Gasteiger partial charge >= 0.3 is 0 Å². The number of benzene rings is 1. The Bertz CT molecular complexity index is 521. The zero-order valence-electron chi connectivity index (χ0n) is 7.73. The molecule has 0 aromatic heterocycles. The molecule has 2 rings (SSSR count). The molecule has 0 radical (unpaired) electrons. The van der Waals surface area contributed by atoms with Crippen LogP contribution in [0, 0.1) is 0 Å². The standard InChI is InChI=1S/C9H9NO4S/c11-9-8-5-7(15(12,13)14)2-1-6(8)3-4-10-9/h1-2,5H,3-4H2,(H,10,11)(H,12,13,14). The molecule has 0 spiro atoms. The molecule has 1 aliphatic rings. The predicted octanol–water partition coefficient (Wildman–Crippen LogP) is 0.219. The minimum absolute atomic E-state index is 0.252. The van der Waals surface area contributed by atoms with Crippen LogP contribution in [0.25, 0.3) is 0 Å². The third-order valence-electron chi connectivity index (χ3n) is 2.30. The number of carbonyl (C=O) groups excluding carboxylic acids is 1. The minimum Gasteiger partial charge on any atom is -0.352 e. The Morgan fingerprint density at radius 3 is 2.73 bits per heavy atom. The summed E-state index contributed by atoms with van der Waals surface area (Å²) in [4.78, 5) is 11.1. The highest BCUT2D eigenvalue weighted by Crippen LogP contribution is 2.18. The number of carbonyl (C=O) groups is 1. The highest BCUT2D eigenvalue weighted by atomic mass is 32.2. The molecular weight excluding hydrogens is 218 g/mol. The first kappa shape index (κ1) is 10.1. The summed E-state index contributed by atoms with van der Waals surface area (Å²) in [5.41, 5.74) is 1.11. The molecule has 6 heteroatoms. The molecule has 0 saturated heterocycles. The third kappa shape index (κ3) is 1.86. The van der Waals surface area contributed by atoms with Crippen molar-refractivity contribution in [2.45, 2.75) is 11.3 Å². The molecule has 0 aliphatic carbocycles. The molecule has 80 valence electrons. The van der Waals surface area contributed by atoms with E-state index in [0.717, 1.165) is 5.56 Å². The summed E-state index contributed by atoms with van der Waals surface area (Å²) >= 11 is 0. The summed E-state index contributed by atoms with van der Waals surface area (Å²) in [6, 6.07) is 4.04. The fourth-order valence-electron chi connectivity index (χ4n) is 1.55. The molecule has 0 atom stereocenters. The number of nitrogens with one attached hydrogen (secondary N) is 1. The van der Waals surface area contributed by atoms with Crippen LogP contribution in [0.15, 0.2) is 23.1 Å². The van der Waals surface area contributed by atoms with Crippen LogP contribution in [0.5, 0.6) is 0 Å². The first-order valence-corrected chi connectivity index (χ1v) is 5.81. The summed E-state index contributed by atoms with van der Waals surface area (Å²) in [5.74, 6) is -0.304. The van der Waals surface area contributed by atoms with Gasteiger partial charge in [-0.25, -0.2) is 0 Å². The molecule has 0 unspecified atom stereocenters. The minimum atomic E-state index is -4.24. The van der Waals surface area contributed by atoms with Gasteiger partial charge in [-0.15, -0.1) is 0 Å². The van der Waals surface area contributed by atoms with Gasteiger partial charge in [-0.2, -0.15) is 8.42 Å². The second-order valence-corrected chi connectivity index (χ2v) is 4.72. The maximum absolute atomic E-state index is 11.4. The number of hydrogen-bond acceptors (Lipinski definition) is 3. The van der Waals surface area contributed by atoms with Gasteiger partial charge < -0.3 is 5.32 Å². The first-order chi connectivity index (χ1) is 6.98. The van der Waals surface area contributed by atoms with E-state index in [1.54, 1.807) is 6.07 Å². The normalized spacial score (nSPS) is 15.7. The highest BCUT2D eigenvalue weighted by Gasteiger charge is 2.19. The Labute approximate surface area is 86.9 Å². The van der Waals surface area contributed by atoms with E-state index < -0.39 is 10.1 Å². The van der Waals surface area contributed by atoms with Gasteiger partial charge in [0.15, 0.2) is 0 Å². The van der Waals surface area contributed by atoms with Gasteiger partial charge in [0.25, 0.3) is 16.0 Å². The lowest BCUT2D eigenvalue weighted by Crippen LogP contribution is -2.31. The van der Waals surface area contributed by atoms with Crippen molar-refractivity contribution in [2.75, 3.05) is 6.54 Å². The summed E-state index contributed by atoms with van der Waals surface area (Å²) in [6.07, 6.45) is 0.673. The third-order valence-corrected chi connectivity index (χ3v) is 3.15. The Morgan fingerprint density at radius 1 is 1.33 bits per heavy atom. The molecule has 1 heterocycles. The lowest BCUT2D eigenvalue weighted by atomic mass is 10.0. The van der Waals surface area contributed by atoms with Crippen LogP contribution in [0.4, 0.5) is 0 Å². The van der Waals surface area contributed by atoms with Gasteiger partial charge in [0.1, 0.15) is 0 Å². The van der Waals surface area contributed by atoms with Gasteiger partial charge in [-0.3, -0.25) is 9.35 Å². The van der Waals surface area contributed by atoms with Crippen molar-refractivity contribution < 1.29 is 17.8 Å². The molecule has 0 fully saturated rings. The summed E-state index contributed by atoms with van der Waals surface area (Å²) in [5, 5.41) is 2.60. The highest BCUT2D eigenvalue weighted by molar-refractivity contribution is 7.85. The van der Waals surface area contributed by atoms with E-state index in [-0.39, 0.29) is 10.8 Å². The van der Waals surface area contributed by atoms with Crippen LogP contribution in [-0.4, -0.2) is 25.4 Å². The van der Waals surface area contributed by atoms with Crippen molar-refractivity contribution in [3.05, 3.63) is 29.3 Å². The van der Waals surface area contributed by atoms with E-state index >= 15 is 0 Å². The number of fused-ring (bicyclic) bond motifs is 1. The smallest absolute Gasteiger partial charge is 0.294 e. The van der Waals surface area contributed by atoms with Gasteiger partial charge in [-0.05, 0) is 24.1 Å². The second kappa shape index (κ2) is 3.32. The average Bonchev–Trinajstić information content (AvgIpc) is 2.16. The lowest BCUT2D eigenvalue weighted by molar-refractivity contribution is 0.0946. The van der Waals surface area contributed by atoms with Crippen LogP contribution >= 0.6 is 0 Å². The van der Waals surface area contributed by atoms with Crippen LogP contribution < -0.4 is 5.32 Å². The van der Waals surface area contributed by atoms with Crippen molar-refractivity contribution in [3.63, 3.8) is 0 Å². The Balaban J connectivity index is 2.58. The summed E-state index contributed by atoms with van der Waals surface area (Å²) < 4.78 is 30.5. The van der Waals surface area contributed by atoms with E-state index in [1.807, 2.05) is 0 Å². The van der Waals surface area contributed by atoms with Crippen molar-refractivity contribution in [3.8, 4) is 0 Å². The second-order valence-electron chi connectivity index (χ2n) is 3.30. The first-order valence-electron chi connectivity index (χ1n) is 4.37. The Morgan fingerprint density at radius 2 is 2.07 bits per heavy atom.